The molecule has 5 heteroatoms. The third kappa shape index (κ3) is 3.95. The average Bonchev–Trinajstić information content (AvgIpc) is 2.69. The van der Waals surface area contributed by atoms with E-state index in [9.17, 15) is 0 Å². The van der Waals surface area contributed by atoms with Crippen molar-refractivity contribution in [3.63, 3.8) is 0 Å². The standard InChI is InChI=1S/C13H23N3S2/c1-10(14)13-15-11(9-18-13)8-16-6-3-4-12(17-2)5-7-16/h9-10,12H,3-8,14H2,1-2H3. The largest absolute Gasteiger partial charge is 0.322 e. The van der Waals surface area contributed by atoms with E-state index < -0.39 is 0 Å². The van der Waals surface area contributed by atoms with Gasteiger partial charge in [-0.2, -0.15) is 11.8 Å². The van der Waals surface area contributed by atoms with E-state index >= 15 is 0 Å². The minimum Gasteiger partial charge on any atom is -0.322 e. The Hall–Kier alpha value is -0.100. The fourth-order valence-electron chi connectivity index (χ4n) is 2.35. The van der Waals surface area contributed by atoms with Crippen LogP contribution in [0.4, 0.5) is 0 Å². The topological polar surface area (TPSA) is 42.1 Å². The van der Waals surface area contributed by atoms with Gasteiger partial charge in [-0.1, -0.05) is 0 Å². The molecule has 0 amide bonds. The molecule has 1 aromatic rings. The van der Waals surface area contributed by atoms with Crippen LogP contribution >= 0.6 is 23.1 Å². The van der Waals surface area contributed by atoms with Gasteiger partial charge in [0, 0.05) is 17.2 Å². The van der Waals surface area contributed by atoms with Gasteiger partial charge < -0.3 is 5.73 Å². The molecule has 0 spiro atoms. The Morgan fingerprint density at radius 3 is 3.06 bits per heavy atom. The summed E-state index contributed by atoms with van der Waals surface area (Å²) in [5.74, 6) is 0. The molecule has 1 aliphatic heterocycles. The van der Waals surface area contributed by atoms with Gasteiger partial charge in [0.2, 0.25) is 0 Å². The molecule has 1 fully saturated rings. The number of hydrogen-bond donors (Lipinski definition) is 1. The molecule has 0 radical (unpaired) electrons. The van der Waals surface area contributed by atoms with Crippen molar-refractivity contribution in [2.75, 3.05) is 19.3 Å². The van der Waals surface area contributed by atoms with Gasteiger partial charge in [-0.05, 0) is 45.5 Å². The fraction of sp³-hybridized carbons (Fsp3) is 0.769. The van der Waals surface area contributed by atoms with E-state index in [4.69, 9.17) is 5.73 Å². The number of nitrogens with zero attached hydrogens (tertiary/aromatic N) is 2. The molecule has 0 bridgehead atoms. The third-order valence-corrected chi connectivity index (χ3v) is 5.68. The molecule has 1 aromatic heterocycles. The van der Waals surface area contributed by atoms with Crippen LogP contribution < -0.4 is 5.73 Å². The predicted octanol–water partition coefficient (Wildman–Crippen LogP) is 2.88. The van der Waals surface area contributed by atoms with E-state index in [0.29, 0.717) is 0 Å². The number of thiazole rings is 1. The van der Waals surface area contributed by atoms with Crippen LogP contribution in [0.15, 0.2) is 5.38 Å². The number of hydrogen-bond acceptors (Lipinski definition) is 5. The summed E-state index contributed by atoms with van der Waals surface area (Å²) in [7, 11) is 0. The number of aromatic nitrogens is 1. The normalized spacial score (nSPS) is 23.8. The highest BCUT2D eigenvalue weighted by molar-refractivity contribution is 7.99. The van der Waals surface area contributed by atoms with Crippen LogP contribution in [0.1, 0.15) is 42.9 Å². The molecule has 3 nitrogen and oxygen atoms in total. The molecule has 0 aromatic carbocycles. The Balaban J connectivity index is 1.88. The third-order valence-electron chi connectivity index (χ3n) is 3.45. The first-order chi connectivity index (χ1) is 8.69. The van der Waals surface area contributed by atoms with Crippen LogP contribution in [0.25, 0.3) is 0 Å². The highest BCUT2D eigenvalue weighted by atomic mass is 32.2. The number of thioether (sulfide) groups is 1. The Morgan fingerprint density at radius 1 is 1.56 bits per heavy atom. The summed E-state index contributed by atoms with van der Waals surface area (Å²) in [6.07, 6.45) is 6.22. The molecule has 0 saturated carbocycles. The van der Waals surface area contributed by atoms with E-state index in [1.54, 1.807) is 11.3 Å². The monoisotopic (exact) mass is 285 g/mol. The molecule has 2 rings (SSSR count). The van der Waals surface area contributed by atoms with Crippen molar-refractivity contribution in [3.05, 3.63) is 16.1 Å². The summed E-state index contributed by atoms with van der Waals surface area (Å²) in [4.78, 5) is 7.16. The first-order valence-electron chi connectivity index (χ1n) is 6.64. The lowest BCUT2D eigenvalue weighted by atomic mass is 10.2. The Bertz CT molecular complexity index is 365. The van der Waals surface area contributed by atoms with Gasteiger partial charge in [0.1, 0.15) is 5.01 Å². The first-order valence-corrected chi connectivity index (χ1v) is 8.81. The van der Waals surface area contributed by atoms with Crippen LogP contribution in [0, 0.1) is 0 Å². The molecule has 1 aliphatic rings. The lowest BCUT2D eigenvalue weighted by Gasteiger charge is -2.18. The zero-order valence-electron chi connectivity index (χ0n) is 11.3. The number of likely N-dealkylation sites (tertiary alicyclic amines) is 1. The second-order valence-electron chi connectivity index (χ2n) is 5.03. The van der Waals surface area contributed by atoms with Crippen molar-refractivity contribution in [1.29, 1.82) is 0 Å². The summed E-state index contributed by atoms with van der Waals surface area (Å²) in [6.45, 7) is 5.40. The van der Waals surface area contributed by atoms with Crippen molar-refractivity contribution in [2.24, 2.45) is 5.73 Å². The second kappa shape index (κ2) is 6.89. The van der Waals surface area contributed by atoms with Crippen LogP contribution in [-0.4, -0.2) is 34.5 Å². The van der Waals surface area contributed by atoms with Gasteiger partial charge in [-0.3, -0.25) is 4.90 Å². The summed E-state index contributed by atoms with van der Waals surface area (Å²) in [6, 6.07) is 0.0637. The van der Waals surface area contributed by atoms with Crippen molar-refractivity contribution < 1.29 is 0 Å². The van der Waals surface area contributed by atoms with Crippen molar-refractivity contribution >= 4 is 23.1 Å². The first kappa shape index (κ1) is 14.3. The predicted molar refractivity (Wildman–Crippen MR) is 81.1 cm³/mol. The molecular weight excluding hydrogens is 262 g/mol. The van der Waals surface area contributed by atoms with Gasteiger partial charge in [0.05, 0.1) is 11.7 Å². The Morgan fingerprint density at radius 2 is 2.39 bits per heavy atom. The average molecular weight is 285 g/mol. The van der Waals surface area contributed by atoms with Gasteiger partial charge in [-0.15, -0.1) is 11.3 Å². The minimum absolute atomic E-state index is 0.0637. The maximum atomic E-state index is 5.85. The maximum Gasteiger partial charge on any atom is 0.109 e. The summed E-state index contributed by atoms with van der Waals surface area (Å²) in [5, 5.41) is 4.07. The SMILES string of the molecule is CSC1CCCN(Cc2csc(C(C)N)n2)CC1. The minimum atomic E-state index is 0.0637. The molecule has 1 saturated heterocycles. The summed E-state index contributed by atoms with van der Waals surface area (Å²) in [5.41, 5.74) is 7.04. The molecule has 2 heterocycles. The fourth-order valence-corrected chi connectivity index (χ4v) is 3.86. The van der Waals surface area contributed by atoms with Crippen LogP contribution in [0.3, 0.4) is 0 Å². The highest BCUT2D eigenvalue weighted by Crippen LogP contribution is 2.23. The zero-order valence-corrected chi connectivity index (χ0v) is 12.9. The quantitative estimate of drug-likeness (QED) is 0.923. The van der Waals surface area contributed by atoms with Crippen LogP contribution in [0.2, 0.25) is 0 Å². The Labute approximate surface area is 118 Å². The lowest BCUT2D eigenvalue weighted by Crippen LogP contribution is -2.24. The van der Waals surface area contributed by atoms with E-state index in [0.717, 1.165) is 16.8 Å². The molecule has 2 atom stereocenters. The molecule has 18 heavy (non-hydrogen) atoms. The summed E-state index contributed by atoms with van der Waals surface area (Å²) >= 11 is 3.71. The molecule has 2 unspecified atom stereocenters. The smallest absolute Gasteiger partial charge is 0.109 e. The van der Waals surface area contributed by atoms with E-state index in [-0.39, 0.29) is 6.04 Å². The summed E-state index contributed by atoms with van der Waals surface area (Å²) < 4.78 is 0. The van der Waals surface area contributed by atoms with E-state index in [1.165, 1.54) is 38.0 Å². The van der Waals surface area contributed by atoms with Gasteiger partial charge in [-0.25, -0.2) is 4.98 Å². The second-order valence-corrected chi connectivity index (χ2v) is 7.06. The number of rotatable bonds is 4. The Kier molecular flexibility index (Phi) is 5.48. The van der Waals surface area contributed by atoms with E-state index in [1.807, 2.05) is 18.7 Å². The van der Waals surface area contributed by atoms with Crippen molar-refractivity contribution in [1.82, 2.24) is 9.88 Å². The van der Waals surface area contributed by atoms with Gasteiger partial charge in [0.25, 0.3) is 0 Å². The maximum absolute atomic E-state index is 5.85. The highest BCUT2D eigenvalue weighted by Gasteiger charge is 2.17. The lowest BCUT2D eigenvalue weighted by molar-refractivity contribution is 0.274. The molecule has 0 aliphatic carbocycles. The van der Waals surface area contributed by atoms with E-state index in [2.05, 4.69) is 21.5 Å². The molecule has 2 N–H and O–H groups in total. The van der Waals surface area contributed by atoms with Crippen molar-refractivity contribution in [2.45, 2.75) is 44.0 Å². The van der Waals surface area contributed by atoms with Crippen molar-refractivity contribution in [3.8, 4) is 0 Å². The number of nitrogens with two attached hydrogens (primary N) is 1. The molecular formula is C13H23N3S2. The van der Waals surface area contributed by atoms with Crippen LogP contribution in [-0.2, 0) is 6.54 Å². The van der Waals surface area contributed by atoms with Gasteiger partial charge in [0.15, 0.2) is 0 Å². The van der Waals surface area contributed by atoms with Crippen LogP contribution in [0.5, 0.6) is 0 Å². The molecule has 102 valence electrons. The van der Waals surface area contributed by atoms with Gasteiger partial charge >= 0.3 is 0 Å². The zero-order chi connectivity index (χ0) is 13.0.